The van der Waals surface area contributed by atoms with Crippen LogP contribution in [0.15, 0.2) is 59.4 Å². The van der Waals surface area contributed by atoms with E-state index in [1.54, 1.807) is 57.3 Å². The monoisotopic (exact) mass is 1460 g/mol. The zero-order valence-electron chi connectivity index (χ0n) is 58.9. The van der Waals surface area contributed by atoms with Crippen molar-refractivity contribution in [3.8, 4) is 11.4 Å². The Morgan fingerprint density at radius 2 is 1.26 bits per heavy atom. The highest BCUT2D eigenvalue weighted by Crippen LogP contribution is 2.47. The predicted octanol–water partition coefficient (Wildman–Crippen LogP) is -0.126. The molecule has 1 aliphatic carbocycles. The Bertz CT molecular complexity index is 3750. The molecule has 4 aliphatic rings. The van der Waals surface area contributed by atoms with Crippen molar-refractivity contribution < 1.29 is 105 Å². The molecule has 7 N–H and O–H groups in total. The summed E-state index contributed by atoms with van der Waals surface area (Å²) in [7, 11) is 1.59. The van der Waals surface area contributed by atoms with Crippen molar-refractivity contribution in [2.45, 2.75) is 96.1 Å². The smallest absolute Gasteiger partial charge is 0.343 e. The fourth-order valence-electron chi connectivity index (χ4n) is 12.0. The highest BCUT2D eigenvalue weighted by Gasteiger charge is 2.46. The van der Waals surface area contributed by atoms with Gasteiger partial charge >= 0.3 is 5.97 Å². The summed E-state index contributed by atoms with van der Waals surface area (Å²) in [6.45, 7) is 5.99. The van der Waals surface area contributed by atoms with Crippen LogP contribution < -0.4 is 37.5 Å². The first kappa shape index (κ1) is 80.7. The first-order chi connectivity index (χ1) is 50.3. The summed E-state index contributed by atoms with van der Waals surface area (Å²) < 4.78 is 71.5. The summed E-state index contributed by atoms with van der Waals surface area (Å²) in [6, 6.07) is 9.87. The van der Waals surface area contributed by atoms with E-state index in [-0.39, 0.29) is 81.3 Å². The summed E-state index contributed by atoms with van der Waals surface area (Å²) in [5.41, 5.74) is 1.88. The maximum Gasteiger partial charge on any atom is 0.343 e. The summed E-state index contributed by atoms with van der Waals surface area (Å²) in [6.07, 6.45) is 5.69. The molecule has 104 heavy (non-hydrogen) atoms. The number of pyridine rings is 2. The summed E-state index contributed by atoms with van der Waals surface area (Å²) in [5, 5.41) is 27.2. The van der Waals surface area contributed by atoms with Crippen molar-refractivity contribution >= 4 is 70.0 Å². The topological polar surface area (TPSA) is 397 Å². The number of fused-ring (bicyclic) bond motifs is 5. The first-order valence-electron chi connectivity index (χ1n) is 34.8. The second kappa shape index (κ2) is 41.5. The van der Waals surface area contributed by atoms with Gasteiger partial charge in [0.1, 0.15) is 38.4 Å². The van der Waals surface area contributed by atoms with Gasteiger partial charge in [0.25, 0.3) is 17.4 Å². The molecule has 2 aromatic carbocycles. The normalized spacial score (nSPS) is 15.8. The van der Waals surface area contributed by atoms with Crippen LogP contribution in [0.2, 0.25) is 0 Å². The Morgan fingerprint density at radius 3 is 1.89 bits per heavy atom. The van der Waals surface area contributed by atoms with Crippen LogP contribution in [-0.2, 0) is 127 Å². The lowest BCUT2D eigenvalue weighted by molar-refractivity contribution is -0.172. The molecule has 9 amide bonds. The molecule has 0 saturated heterocycles. The average molecular weight is 1460 g/mol. The van der Waals surface area contributed by atoms with Crippen molar-refractivity contribution in [3.63, 3.8) is 0 Å². The number of aromatic nitrogens is 2. The van der Waals surface area contributed by atoms with Gasteiger partial charge in [-0.05, 0) is 67.3 Å². The maximum atomic E-state index is 15.5. The van der Waals surface area contributed by atoms with Gasteiger partial charge in [-0.2, -0.15) is 0 Å². The van der Waals surface area contributed by atoms with Crippen LogP contribution in [0.5, 0.6) is 0 Å². The van der Waals surface area contributed by atoms with Gasteiger partial charge in [0, 0.05) is 67.7 Å². The lowest BCUT2D eigenvalue weighted by Gasteiger charge is -2.35. The van der Waals surface area contributed by atoms with Gasteiger partial charge in [0.05, 0.1) is 154 Å². The lowest BCUT2D eigenvalue weighted by Crippen LogP contribution is -2.52. The molecule has 3 aliphatic heterocycles. The van der Waals surface area contributed by atoms with Crippen molar-refractivity contribution in [2.24, 2.45) is 0 Å². The number of hydrogen-bond acceptors (Lipinski definition) is 23. The van der Waals surface area contributed by atoms with Crippen molar-refractivity contribution in [3.05, 3.63) is 110 Å². The minimum absolute atomic E-state index is 0.0224. The van der Waals surface area contributed by atoms with E-state index in [0.29, 0.717) is 169 Å². The Morgan fingerprint density at radius 1 is 0.673 bits per heavy atom. The standard InChI is InChI=1S/C71H93FN10O22/c1-4-71(94)51-36-56-67-49(41-82(56)69(92)50(51)42-104-70(71)93)66-55(15-14-48-46(2)52(72)37-53(79-67)65(48)66)80(3)64(90)44-103-45-77-59(85)39-76-68(91)54(35-47-11-7-5-8-12-47)78-60(86)40-74-58(84)38-75-61(87)43-102-34-33-101-32-31-100-30-29-99-28-27-98-26-25-97-24-23-96-22-21-95-20-18-73-57(83)13-9-6-10-19-81-62(88)16-17-63(81)89/h5,7-8,11-12,16-17,36-37,54-55,94H,4,6,9-10,13-15,18-35,38-45H2,1-3H3,(H,73,83)(H,74,84)(H,75,87)(H,76,91)(H,77,85)(H,78,86)/t54-,55?,71-/m0/s1. The number of benzene rings is 2. The Labute approximate surface area is 599 Å². The third kappa shape index (κ3) is 23.2. The molecule has 0 fully saturated rings. The molecule has 0 radical (unpaired) electrons. The molecule has 5 heterocycles. The van der Waals surface area contributed by atoms with E-state index in [1.165, 1.54) is 32.6 Å². The molecule has 8 rings (SSSR count). The van der Waals surface area contributed by atoms with Crippen LogP contribution >= 0.6 is 0 Å². The van der Waals surface area contributed by atoms with E-state index in [4.69, 9.17) is 52.4 Å². The number of unbranched alkanes of at least 4 members (excludes halogenated alkanes) is 2. The zero-order chi connectivity index (χ0) is 74.4. The third-order valence-electron chi connectivity index (χ3n) is 17.6. The number of esters is 1. The number of likely N-dealkylation sites (N-methyl/N-ethyl adjacent to an activating group) is 1. The van der Waals surface area contributed by atoms with Gasteiger partial charge < -0.3 is 93.8 Å². The van der Waals surface area contributed by atoms with E-state index in [2.05, 4.69) is 31.9 Å². The van der Waals surface area contributed by atoms with Crippen LogP contribution in [0.25, 0.3) is 22.3 Å². The van der Waals surface area contributed by atoms with Crippen molar-refractivity contribution in [1.29, 1.82) is 0 Å². The van der Waals surface area contributed by atoms with Gasteiger partial charge in [-0.25, -0.2) is 14.2 Å². The highest BCUT2D eigenvalue weighted by molar-refractivity contribution is 6.12. The van der Waals surface area contributed by atoms with Crippen molar-refractivity contribution in [1.82, 2.24) is 51.3 Å². The number of nitrogens with one attached hydrogen (secondary N) is 6. The van der Waals surface area contributed by atoms with Gasteiger partial charge in [0.15, 0.2) is 5.60 Å². The molecule has 0 spiro atoms. The van der Waals surface area contributed by atoms with Crippen LogP contribution in [0.1, 0.15) is 90.4 Å². The van der Waals surface area contributed by atoms with Crippen LogP contribution in [0.3, 0.4) is 0 Å². The van der Waals surface area contributed by atoms with Crippen LogP contribution in [-0.4, -0.2) is 248 Å². The average Bonchev–Trinajstić information content (AvgIpc) is 1.48. The summed E-state index contributed by atoms with van der Waals surface area (Å²) >= 11 is 0. The second-order valence-corrected chi connectivity index (χ2v) is 24.7. The van der Waals surface area contributed by atoms with Crippen LogP contribution in [0, 0.1) is 12.7 Å². The number of carbonyl (C=O) groups is 10. The number of rotatable bonds is 48. The molecule has 1 unspecified atom stereocenters. The summed E-state index contributed by atoms with van der Waals surface area (Å²) in [5.74, 6) is -5.89. The Balaban J connectivity index is 0.613. The van der Waals surface area contributed by atoms with E-state index in [9.17, 15) is 57.8 Å². The molecule has 0 bridgehead atoms. The van der Waals surface area contributed by atoms with Crippen molar-refractivity contribution in [2.75, 3.05) is 159 Å². The quantitative estimate of drug-likeness (QED) is 0.0115. The fourth-order valence-corrected chi connectivity index (χ4v) is 12.0. The number of hydrogen-bond donors (Lipinski definition) is 7. The van der Waals surface area contributed by atoms with Crippen LogP contribution in [0.4, 0.5) is 4.39 Å². The number of halogens is 1. The van der Waals surface area contributed by atoms with E-state index in [1.807, 2.05) is 0 Å². The third-order valence-corrected chi connectivity index (χ3v) is 17.6. The predicted molar refractivity (Wildman–Crippen MR) is 367 cm³/mol. The minimum atomic E-state index is -2.06. The molecule has 0 saturated carbocycles. The Kier molecular flexibility index (Phi) is 32.2. The molecule has 566 valence electrons. The molecule has 2 aromatic heterocycles. The van der Waals surface area contributed by atoms with Gasteiger partial charge in [-0.15, -0.1) is 0 Å². The van der Waals surface area contributed by atoms with Gasteiger partial charge in [-0.3, -0.25) is 52.8 Å². The number of cyclic esters (lactones) is 1. The molecule has 33 heteroatoms. The number of aliphatic hydroxyl groups is 1. The molecule has 4 aromatic rings. The number of nitrogens with zero attached hydrogens (tertiary/aromatic N) is 4. The fraction of sp³-hybridized carbons (Fsp3) is 0.549. The lowest BCUT2D eigenvalue weighted by atomic mass is 9.81. The van der Waals surface area contributed by atoms with Gasteiger partial charge in [-0.1, -0.05) is 43.7 Å². The maximum absolute atomic E-state index is 15.5. The molecular weight excluding hydrogens is 1360 g/mol. The molecule has 32 nitrogen and oxygen atoms in total. The number of ether oxygens (including phenoxy) is 10. The highest BCUT2D eigenvalue weighted by atomic mass is 19.1. The zero-order valence-corrected chi connectivity index (χ0v) is 58.9. The molecular formula is C71H93FN10O22. The number of aryl methyl sites for hydroxylation is 1. The number of carbonyl (C=O) groups excluding carboxylic acids is 10. The SMILES string of the molecule is CC[C@@]1(O)C(=O)OCc2c1cc1n(c2=O)Cc2c-1nc1cc(F)c(C)c3c1c2C(N(C)C(=O)COCNC(=O)CNC(=O)[C@H](Cc1ccccc1)NC(=O)CNC(=O)CNC(=O)COCCOCCOCCOCCOCCOCCOCCOCCNC(=O)CCCCCN1C(=O)C=CC1=O)CC3. The van der Waals surface area contributed by atoms with E-state index in [0.717, 1.165) is 12.0 Å². The van der Waals surface area contributed by atoms with E-state index < -0.39 is 103 Å². The molecule has 3 atom stereocenters. The van der Waals surface area contributed by atoms with Gasteiger partial charge in [0.2, 0.25) is 41.4 Å². The van der Waals surface area contributed by atoms with E-state index >= 15 is 4.39 Å². The number of imide groups is 1. The number of amides is 9. The minimum Gasteiger partial charge on any atom is -0.458 e. The Hall–Kier alpha value is -9.03. The summed E-state index contributed by atoms with van der Waals surface area (Å²) in [4.78, 5) is 148. The second-order valence-electron chi connectivity index (χ2n) is 24.7. The first-order valence-corrected chi connectivity index (χ1v) is 34.8. The largest absolute Gasteiger partial charge is 0.458 e.